The normalized spacial score (nSPS) is 12.7. The number of hydrogen-bond donors (Lipinski definition) is 0. The monoisotopic (exact) mass is 268 g/mol. The van der Waals surface area contributed by atoms with Gasteiger partial charge in [0.05, 0.1) is 0 Å². The maximum atomic E-state index is 14.0. The van der Waals surface area contributed by atoms with Crippen molar-refractivity contribution in [2.45, 2.75) is 71.6 Å². The first-order chi connectivity index (χ1) is 9.11. The zero-order chi connectivity index (χ0) is 14.3. The van der Waals surface area contributed by atoms with Crippen LogP contribution in [0.25, 0.3) is 0 Å². The highest BCUT2D eigenvalue weighted by Crippen LogP contribution is 2.29. The topological polar surface area (TPSA) is 0 Å². The lowest BCUT2D eigenvalue weighted by Crippen LogP contribution is -2.05. The van der Waals surface area contributed by atoms with Crippen LogP contribution in [-0.2, 0) is 6.42 Å². The average Bonchev–Trinajstić information content (AvgIpc) is 2.40. The zero-order valence-corrected chi connectivity index (χ0v) is 12.4. The SMILES string of the molecule is CCCCCC(C)c1ccc(F)c(F)c1CCCC. The van der Waals surface area contributed by atoms with Crippen LogP contribution < -0.4 is 0 Å². The first kappa shape index (κ1) is 16.1. The predicted molar refractivity (Wildman–Crippen MR) is 77.5 cm³/mol. The largest absolute Gasteiger partial charge is 0.204 e. The van der Waals surface area contributed by atoms with Crippen molar-refractivity contribution in [2.24, 2.45) is 0 Å². The molecule has 1 aromatic carbocycles. The van der Waals surface area contributed by atoms with E-state index in [-0.39, 0.29) is 0 Å². The second kappa shape index (κ2) is 8.29. The van der Waals surface area contributed by atoms with E-state index in [2.05, 4.69) is 20.8 Å². The Balaban J connectivity index is 2.88. The van der Waals surface area contributed by atoms with Crippen molar-refractivity contribution < 1.29 is 8.78 Å². The molecular weight excluding hydrogens is 242 g/mol. The highest BCUT2D eigenvalue weighted by molar-refractivity contribution is 5.32. The van der Waals surface area contributed by atoms with Gasteiger partial charge in [-0.3, -0.25) is 0 Å². The molecule has 0 aliphatic carbocycles. The van der Waals surface area contributed by atoms with E-state index < -0.39 is 11.6 Å². The molecule has 1 aromatic rings. The second-order valence-corrected chi connectivity index (χ2v) is 5.43. The fourth-order valence-corrected chi connectivity index (χ4v) is 2.53. The van der Waals surface area contributed by atoms with E-state index in [0.717, 1.165) is 31.2 Å². The van der Waals surface area contributed by atoms with E-state index in [1.165, 1.54) is 18.9 Å². The van der Waals surface area contributed by atoms with Crippen LogP contribution in [0.3, 0.4) is 0 Å². The zero-order valence-electron chi connectivity index (χ0n) is 12.4. The molecule has 0 N–H and O–H groups in total. The van der Waals surface area contributed by atoms with Gasteiger partial charge in [0.2, 0.25) is 0 Å². The smallest absolute Gasteiger partial charge is 0.162 e. The molecule has 0 spiro atoms. The molecule has 1 rings (SSSR count). The van der Waals surface area contributed by atoms with Crippen LogP contribution in [0, 0.1) is 11.6 Å². The van der Waals surface area contributed by atoms with Crippen molar-refractivity contribution in [2.75, 3.05) is 0 Å². The summed E-state index contributed by atoms with van der Waals surface area (Å²) in [4.78, 5) is 0. The van der Waals surface area contributed by atoms with Crippen molar-refractivity contribution in [3.8, 4) is 0 Å². The second-order valence-electron chi connectivity index (χ2n) is 5.43. The summed E-state index contributed by atoms with van der Waals surface area (Å²) in [6.45, 7) is 6.37. The highest BCUT2D eigenvalue weighted by Gasteiger charge is 2.17. The Morgan fingerprint density at radius 1 is 1.00 bits per heavy atom. The van der Waals surface area contributed by atoms with E-state index in [1.807, 2.05) is 0 Å². The van der Waals surface area contributed by atoms with E-state index in [9.17, 15) is 8.78 Å². The summed E-state index contributed by atoms with van der Waals surface area (Å²) in [6, 6.07) is 3.05. The number of halogens is 2. The molecule has 0 aromatic heterocycles. The highest BCUT2D eigenvalue weighted by atomic mass is 19.2. The Bertz CT molecular complexity index is 385. The lowest BCUT2D eigenvalue weighted by molar-refractivity contribution is 0.489. The quantitative estimate of drug-likeness (QED) is 0.508. The molecule has 0 radical (unpaired) electrons. The maximum Gasteiger partial charge on any atom is 0.162 e. The van der Waals surface area contributed by atoms with Gasteiger partial charge in [-0.05, 0) is 42.4 Å². The van der Waals surface area contributed by atoms with E-state index >= 15 is 0 Å². The summed E-state index contributed by atoms with van der Waals surface area (Å²) in [7, 11) is 0. The van der Waals surface area contributed by atoms with Crippen LogP contribution in [0.1, 0.15) is 76.3 Å². The molecule has 0 bridgehead atoms. The van der Waals surface area contributed by atoms with E-state index in [0.29, 0.717) is 17.9 Å². The summed E-state index contributed by atoms with van der Waals surface area (Å²) in [5.41, 5.74) is 1.61. The Labute approximate surface area is 116 Å². The molecule has 0 saturated carbocycles. The molecule has 1 atom stereocenters. The van der Waals surface area contributed by atoms with Gasteiger partial charge in [-0.15, -0.1) is 0 Å². The number of benzene rings is 1. The van der Waals surface area contributed by atoms with Crippen molar-refractivity contribution in [1.29, 1.82) is 0 Å². The van der Waals surface area contributed by atoms with Crippen molar-refractivity contribution in [3.05, 3.63) is 34.9 Å². The number of rotatable bonds is 8. The van der Waals surface area contributed by atoms with Gasteiger partial charge >= 0.3 is 0 Å². The van der Waals surface area contributed by atoms with Gasteiger partial charge in [-0.1, -0.05) is 52.5 Å². The van der Waals surface area contributed by atoms with Gasteiger partial charge in [0.1, 0.15) is 0 Å². The van der Waals surface area contributed by atoms with Crippen LogP contribution in [0.4, 0.5) is 8.78 Å². The molecule has 0 saturated heterocycles. The summed E-state index contributed by atoms with van der Waals surface area (Å²) >= 11 is 0. The van der Waals surface area contributed by atoms with Gasteiger partial charge in [0.15, 0.2) is 11.6 Å². The molecule has 2 heteroatoms. The summed E-state index contributed by atoms with van der Waals surface area (Å²) in [6.07, 6.45) is 7.16. The van der Waals surface area contributed by atoms with Crippen molar-refractivity contribution in [3.63, 3.8) is 0 Å². The maximum absolute atomic E-state index is 14.0. The number of unbranched alkanes of at least 4 members (excludes halogenated alkanes) is 3. The summed E-state index contributed by atoms with van der Waals surface area (Å²) < 4.78 is 27.3. The van der Waals surface area contributed by atoms with Crippen molar-refractivity contribution in [1.82, 2.24) is 0 Å². The summed E-state index contributed by atoms with van der Waals surface area (Å²) in [5, 5.41) is 0. The third-order valence-corrected chi connectivity index (χ3v) is 3.78. The van der Waals surface area contributed by atoms with Crippen LogP contribution in [0.2, 0.25) is 0 Å². The Hall–Kier alpha value is -0.920. The van der Waals surface area contributed by atoms with Crippen LogP contribution in [-0.4, -0.2) is 0 Å². The molecular formula is C17H26F2. The van der Waals surface area contributed by atoms with Gasteiger partial charge in [0, 0.05) is 0 Å². The van der Waals surface area contributed by atoms with E-state index in [1.54, 1.807) is 6.07 Å². The van der Waals surface area contributed by atoms with Gasteiger partial charge in [-0.25, -0.2) is 8.78 Å². The lowest BCUT2D eigenvalue weighted by Gasteiger charge is -2.17. The molecule has 0 aliphatic heterocycles. The fraction of sp³-hybridized carbons (Fsp3) is 0.647. The van der Waals surface area contributed by atoms with Crippen LogP contribution >= 0.6 is 0 Å². The molecule has 19 heavy (non-hydrogen) atoms. The third kappa shape index (κ3) is 4.59. The molecule has 0 amide bonds. The minimum atomic E-state index is -0.712. The van der Waals surface area contributed by atoms with E-state index in [4.69, 9.17) is 0 Å². The molecule has 1 unspecified atom stereocenters. The Kier molecular flexibility index (Phi) is 7.04. The molecule has 108 valence electrons. The number of hydrogen-bond acceptors (Lipinski definition) is 0. The predicted octanol–water partition coefficient (Wildman–Crippen LogP) is 5.99. The fourth-order valence-electron chi connectivity index (χ4n) is 2.53. The van der Waals surface area contributed by atoms with Crippen molar-refractivity contribution >= 4 is 0 Å². The van der Waals surface area contributed by atoms with Gasteiger partial charge in [-0.2, -0.15) is 0 Å². The van der Waals surface area contributed by atoms with Gasteiger partial charge < -0.3 is 0 Å². The Morgan fingerprint density at radius 2 is 1.68 bits per heavy atom. The Morgan fingerprint density at radius 3 is 2.32 bits per heavy atom. The standard InChI is InChI=1S/C17H26F2/c1-4-6-8-9-13(3)14-11-12-16(18)17(19)15(14)10-7-5-2/h11-13H,4-10H2,1-3H3. The summed E-state index contributed by atoms with van der Waals surface area (Å²) in [5.74, 6) is -1.03. The molecule has 0 fully saturated rings. The third-order valence-electron chi connectivity index (χ3n) is 3.78. The molecule has 0 aliphatic rings. The first-order valence-corrected chi connectivity index (χ1v) is 7.58. The lowest BCUT2D eigenvalue weighted by atomic mass is 9.89. The molecule has 0 heterocycles. The molecule has 0 nitrogen and oxygen atoms in total. The van der Waals surface area contributed by atoms with Crippen LogP contribution in [0.15, 0.2) is 12.1 Å². The first-order valence-electron chi connectivity index (χ1n) is 7.58. The van der Waals surface area contributed by atoms with Crippen LogP contribution in [0.5, 0.6) is 0 Å². The average molecular weight is 268 g/mol. The minimum Gasteiger partial charge on any atom is -0.204 e. The van der Waals surface area contributed by atoms with Gasteiger partial charge in [0.25, 0.3) is 0 Å². The minimum absolute atomic E-state index is 0.313.